The highest BCUT2D eigenvalue weighted by atomic mass is 35.5. The molecule has 3 rings (SSSR count). The predicted molar refractivity (Wildman–Crippen MR) is 105 cm³/mol. The molecule has 6 heteroatoms. The third kappa shape index (κ3) is 4.99. The average molecular weight is 391 g/mol. The van der Waals surface area contributed by atoms with Gasteiger partial charge in [0.2, 0.25) is 11.8 Å². The molecule has 1 fully saturated rings. The Balaban J connectivity index is 1.35. The summed E-state index contributed by atoms with van der Waals surface area (Å²) in [6, 6.07) is 14.6. The fraction of sp³-hybridized carbons (Fsp3) is 0.300. The van der Waals surface area contributed by atoms with E-state index in [4.69, 9.17) is 23.2 Å². The van der Waals surface area contributed by atoms with Crippen molar-refractivity contribution in [2.45, 2.75) is 25.2 Å². The molecule has 0 heterocycles. The van der Waals surface area contributed by atoms with Crippen LogP contribution in [0.2, 0.25) is 10.0 Å². The zero-order valence-electron chi connectivity index (χ0n) is 14.2. The molecule has 2 amide bonds. The van der Waals surface area contributed by atoms with Gasteiger partial charge < -0.3 is 10.6 Å². The summed E-state index contributed by atoms with van der Waals surface area (Å²) in [5, 5.41) is 7.05. The molecule has 1 aliphatic carbocycles. The number of anilines is 1. The molecule has 2 unspecified atom stereocenters. The summed E-state index contributed by atoms with van der Waals surface area (Å²) in [6.07, 6.45) is 1.77. The summed E-state index contributed by atoms with van der Waals surface area (Å²) in [6.45, 7) is 0.485. The topological polar surface area (TPSA) is 58.2 Å². The number of nitrogens with one attached hydrogen (secondary N) is 2. The first-order valence-electron chi connectivity index (χ1n) is 8.62. The number of benzene rings is 2. The Labute approximate surface area is 162 Å². The Bertz CT molecular complexity index is 793. The average Bonchev–Trinajstić information content (AvgIpc) is 3.41. The maximum absolute atomic E-state index is 12.2. The number of amides is 2. The SMILES string of the molecule is O=C(CCCNC(=O)C1CC1c1ccccc1Cl)Nc1ccc(Cl)cc1. The normalized spacial score (nSPS) is 18.2. The monoisotopic (exact) mass is 390 g/mol. The number of hydrogen-bond acceptors (Lipinski definition) is 2. The molecular weight excluding hydrogens is 371 g/mol. The van der Waals surface area contributed by atoms with E-state index in [1.165, 1.54) is 0 Å². The van der Waals surface area contributed by atoms with Crippen LogP contribution in [0.25, 0.3) is 0 Å². The molecule has 2 N–H and O–H groups in total. The molecule has 0 bridgehead atoms. The first-order valence-corrected chi connectivity index (χ1v) is 9.38. The molecule has 2 atom stereocenters. The molecule has 4 nitrogen and oxygen atoms in total. The molecule has 0 saturated heterocycles. The molecule has 136 valence electrons. The van der Waals surface area contributed by atoms with Crippen molar-refractivity contribution in [1.82, 2.24) is 5.32 Å². The van der Waals surface area contributed by atoms with Crippen LogP contribution in [-0.4, -0.2) is 18.4 Å². The fourth-order valence-corrected chi connectivity index (χ4v) is 3.35. The van der Waals surface area contributed by atoms with Crippen molar-refractivity contribution in [1.29, 1.82) is 0 Å². The molecular formula is C20H20Cl2N2O2. The van der Waals surface area contributed by atoms with E-state index < -0.39 is 0 Å². The summed E-state index contributed by atoms with van der Waals surface area (Å²) < 4.78 is 0. The van der Waals surface area contributed by atoms with Gasteiger partial charge >= 0.3 is 0 Å². The van der Waals surface area contributed by atoms with Gasteiger partial charge in [-0.25, -0.2) is 0 Å². The van der Waals surface area contributed by atoms with E-state index in [9.17, 15) is 9.59 Å². The smallest absolute Gasteiger partial charge is 0.224 e. The Morgan fingerprint density at radius 1 is 1.04 bits per heavy atom. The van der Waals surface area contributed by atoms with Crippen LogP contribution < -0.4 is 10.6 Å². The standard InChI is InChI=1S/C20H20Cl2N2O2/c21-13-7-9-14(10-8-13)24-19(25)6-3-11-23-20(26)17-12-16(17)15-4-1-2-5-18(15)22/h1-2,4-5,7-10,16-17H,3,6,11-12H2,(H,23,26)(H,24,25). The molecule has 0 radical (unpaired) electrons. The summed E-state index contributed by atoms with van der Waals surface area (Å²) in [4.78, 5) is 24.1. The minimum atomic E-state index is -0.0815. The third-order valence-electron chi connectivity index (χ3n) is 4.44. The lowest BCUT2D eigenvalue weighted by atomic mass is 10.1. The van der Waals surface area contributed by atoms with Gasteiger partial charge in [0.1, 0.15) is 0 Å². The van der Waals surface area contributed by atoms with Crippen molar-refractivity contribution in [3.05, 3.63) is 64.1 Å². The summed E-state index contributed by atoms with van der Waals surface area (Å²) in [5.41, 5.74) is 1.75. The van der Waals surface area contributed by atoms with Gasteiger partial charge in [0.25, 0.3) is 0 Å². The summed E-state index contributed by atoms with van der Waals surface area (Å²) in [7, 11) is 0. The Hall–Kier alpha value is -2.04. The molecule has 0 aliphatic heterocycles. The molecule has 2 aromatic carbocycles. The predicted octanol–water partition coefficient (Wildman–Crippen LogP) is 4.63. The number of rotatable bonds is 7. The fourth-order valence-electron chi connectivity index (χ4n) is 2.95. The Morgan fingerprint density at radius 3 is 2.50 bits per heavy atom. The van der Waals surface area contributed by atoms with Crippen LogP contribution in [0, 0.1) is 5.92 Å². The third-order valence-corrected chi connectivity index (χ3v) is 5.04. The first-order chi connectivity index (χ1) is 12.5. The lowest BCUT2D eigenvalue weighted by Crippen LogP contribution is -2.27. The highest BCUT2D eigenvalue weighted by Crippen LogP contribution is 2.49. The van der Waals surface area contributed by atoms with E-state index in [0.717, 1.165) is 12.0 Å². The van der Waals surface area contributed by atoms with Gasteiger partial charge in [0.05, 0.1) is 0 Å². The van der Waals surface area contributed by atoms with Crippen LogP contribution >= 0.6 is 23.2 Å². The van der Waals surface area contributed by atoms with Gasteiger partial charge in [0.15, 0.2) is 0 Å². The molecule has 26 heavy (non-hydrogen) atoms. The van der Waals surface area contributed by atoms with Gasteiger partial charge in [0, 0.05) is 34.6 Å². The van der Waals surface area contributed by atoms with Gasteiger partial charge in [-0.1, -0.05) is 41.4 Å². The summed E-state index contributed by atoms with van der Waals surface area (Å²) in [5.74, 6) is 0.143. The molecule has 0 spiro atoms. The summed E-state index contributed by atoms with van der Waals surface area (Å²) >= 11 is 12.0. The van der Waals surface area contributed by atoms with Crippen molar-refractivity contribution in [3.8, 4) is 0 Å². The quantitative estimate of drug-likeness (QED) is 0.676. The zero-order chi connectivity index (χ0) is 18.5. The highest BCUT2D eigenvalue weighted by Gasteiger charge is 2.44. The Kier molecular flexibility index (Phi) is 6.17. The van der Waals surface area contributed by atoms with Gasteiger partial charge in [-0.05, 0) is 54.7 Å². The second-order valence-corrected chi connectivity index (χ2v) is 7.26. The zero-order valence-corrected chi connectivity index (χ0v) is 15.7. The second-order valence-electron chi connectivity index (χ2n) is 6.42. The van der Waals surface area contributed by atoms with Crippen molar-refractivity contribution in [3.63, 3.8) is 0 Å². The van der Waals surface area contributed by atoms with E-state index >= 15 is 0 Å². The molecule has 2 aromatic rings. The van der Waals surface area contributed by atoms with Crippen molar-refractivity contribution >= 4 is 40.7 Å². The van der Waals surface area contributed by atoms with E-state index in [1.54, 1.807) is 24.3 Å². The first kappa shape index (κ1) is 18.7. The van der Waals surface area contributed by atoms with Crippen LogP contribution in [-0.2, 0) is 9.59 Å². The highest BCUT2D eigenvalue weighted by molar-refractivity contribution is 6.31. The minimum Gasteiger partial charge on any atom is -0.356 e. The molecule has 1 aliphatic rings. The van der Waals surface area contributed by atoms with Crippen LogP contribution in [0.1, 0.15) is 30.7 Å². The van der Waals surface area contributed by atoms with Gasteiger partial charge in [-0.15, -0.1) is 0 Å². The van der Waals surface area contributed by atoms with Crippen molar-refractivity contribution in [2.75, 3.05) is 11.9 Å². The van der Waals surface area contributed by atoms with E-state index in [2.05, 4.69) is 10.6 Å². The lowest BCUT2D eigenvalue weighted by Gasteiger charge is -2.07. The number of halogens is 2. The molecule has 0 aromatic heterocycles. The minimum absolute atomic E-state index is 0.0159. The van der Waals surface area contributed by atoms with Crippen LogP contribution in [0.4, 0.5) is 5.69 Å². The van der Waals surface area contributed by atoms with E-state index in [1.807, 2.05) is 24.3 Å². The van der Waals surface area contributed by atoms with Crippen molar-refractivity contribution < 1.29 is 9.59 Å². The van der Waals surface area contributed by atoms with Crippen LogP contribution in [0.5, 0.6) is 0 Å². The lowest BCUT2D eigenvalue weighted by molar-refractivity contribution is -0.122. The maximum atomic E-state index is 12.2. The van der Waals surface area contributed by atoms with Gasteiger partial charge in [-0.3, -0.25) is 9.59 Å². The van der Waals surface area contributed by atoms with E-state index in [-0.39, 0.29) is 23.7 Å². The maximum Gasteiger partial charge on any atom is 0.224 e. The number of hydrogen-bond donors (Lipinski definition) is 2. The largest absolute Gasteiger partial charge is 0.356 e. The van der Waals surface area contributed by atoms with E-state index in [0.29, 0.717) is 35.1 Å². The number of carbonyl (C=O) groups excluding carboxylic acids is 2. The number of carbonyl (C=O) groups is 2. The Morgan fingerprint density at radius 2 is 1.77 bits per heavy atom. The second kappa shape index (κ2) is 8.56. The van der Waals surface area contributed by atoms with Gasteiger partial charge in [-0.2, -0.15) is 0 Å². The van der Waals surface area contributed by atoms with Crippen LogP contribution in [0.3, 0.4) is 0 Å². The van der Waals surface area contributed by atoms with Crippen LogP contribution in [0.15, 0.2) is 48.5 Å². The van der Waals surface area contributed by atoms with Crippen molar-refractivity contribution in [2.24, 2.45) is 5.92 Å². The molecule has 1 saturated carbocycles.